The molecule has 0 unspecified atom stereocenters. The van der Waals surface area contributed by atoms with E-state index in [1.807, 2.05) is 19.0 Å². The number of benzene rings is 1. The van der Waals surface area contributed by atoms with Crippen molar-refractivity contribution in [3.63, 3.8) is 0 Å². The molecule has 1 atom stereocenters. The van der Waals surface area contributed by atoms with Crippen LogP contribution >= 0.6 is 0 Å². The first-order valence-electron chi connectivity index (χ1n) is 10.3. The molecule has 1 aliphatic rings. The minimum atomic E-state index is -0.727. The van der Waals surface area contributed by atoms with Crippen LogP contribution in [0.25, 0.3) is 11.0 Å². The highest BCUT2D eigenvalue weighted by molar-refractivity contribution is 6.16. The Labute approximate surface area is 185 Å². The number of nitrogens with zero attached hydrogens (tertiary/aromatic N) is 3. The van der Waals surface area contributed by atoms with Gasteiger partial charge in [-0.1, -0.05) is 12.1 Å². The zero-order chi connectivity index (χ0) is 22.8. The highest BCUT2D eigenvalue weighted by atomic mass is 16.5. The first-order chi connectivity index (χ1) is 15.4. The zero-order valence-corrected chi connectivity index (χ0v) is 18.2. The SMILES string of the molecule is COc1cccc2cc(C(=O)C3=C(O)C(=O)N(CCCN(C)C)[C@@H]3c3ccncc3)oc12. The number of hydrogen-bond donors (Lipinski definition) is 1. The minimum absolute atomic E-state index is 0.00377. The van der Waals surface area contributed by atoms with Gasteiger partial charge in [0.05, 0.1) is 18.7 Å². The van der Waals surface area contributed by atoms with Crippen LogP contribution in [0.4, 0.5) is 0 Å². The number of methoxy groups -OCH3 is 1. The second-order valence-electron chi connectivity index (χ2n) is 7.92. The monoisotopic (exact) mass is 435 g/mol. The summed E-state index contributed by atoms with van der Waals surface area (Å²) in [5, 5.41) is 11.4. The number of ether oxygens (including phenoxy) is 1. The third kappa shape index (κ3) is 3.85. The van der Waals surface area contributed by atoms with Gasteiger partial charge < -0.3 is 24.1 Å². The van der Waals surface area contributed by atoms with Crippen molar-refractivity contribution >= 4 is 22.7 Å². The van der Waals surface area contributed by atoms with Gasteiger partial charge in [-0.25, -0.2) is 0 Å². The number of hydrogen-bond acceptors (Lipinski definition) is 7. The molecule has 1 aromatic carbocycles. The minimum Gasteiger partial charge on any atom is -0.503 e. The second kappa shape index (κ2) is 8.84. The Kier molecular flexibility index (Phi) is 5.96. The summed E-state index contributed by atoms with van der Waals surface area (Å²) in [5.74, 6) is -1.12. The maximum Gasteiger partial charge on any atom is 0.290 e. The van der Waals surface area contributed by atoms with Crippen molar-refractivity contribution in [2.45, 2.75) is 12.5 Å². The molecule has 8 heteroatoms. The molecule has 0 saturated heterocycles. The van der Waals surface area contributed by atoms with E-state index in [1.165, 1.54) is 12.0 Å². The predicted octanol–water partition coefficient (Wildman–Crippen LogP) is 3.37. The first kappa shape index (κ1) is 21.6. The molecule has 1 N–H and O–H groups in total. The number of carbonyl (C=O) groups excluding carboxylic acids is 2. The van der Waals surface area contributed by atoms with Crippen molar-refractivity contribution < 1.29 is 23.8 Å². The summed E-state index contributed by atoms with van der Waals surface area (Å²) in [6.07, 6.45) is 3.89. The van der Waals surface area contributed by atoms with E-state index in [0.717, 1.165) is 6.54 Å². The fourth-order valence-corrected chi connectivity index (χ4v) is 4.01. The van der Waals surface area contributed by atoms with Gasteiger partial charge in [-0.3, -0.25) is 14.6 Å². The number of aromatic nitrogens is 1. The quantitative estimate of drug-likeness (QED) is 0.542. The van der Waals surface area contributed by atoms with Gasteiger partial charge >= 0.3 is 0 Å². The van der Waals surface area contributed by atoms with Crippen LogP contribution in [0.15, 0.2) is 64.5 Å². The Hall–Kier alpha value is -3.65. The van der Waals surface area contributed by atoms with E-state index < -0.39 is 23.5 Å². The normalized spacial score (nSPS) is 16.4. The maximum absolute atomic E-state index is 13.5. The molecule has 0 aliphatic carbocycles. The molecule has 0 saturated carbocycles. The van der Waals surface area contributed by atoms with Gasteiger partial charge in [0.2, 0.25) is 5.78 Å². The summed E-state index contributed by atoms with van der Waals surface area (Å²) in [4.78, 5) is 34.1. The predicted molar refractivity (Wildman–Crippen MR) is 119 cm³/mol. The number of aliphatic hydroxyl groups is 1. The molecule has 166 valence electrons. The molecule has 0 bridgehead atoms. The van der Waals surface area contributed by atoms with Crippen molar-refractivity contribution in [3.05, 3.63) is 71.4 Å². The second-order valence-corrected chi connectivity index (χ2v) is 7.92. The van der Waals surface area contributed by atoms with Crippen LogP contribution in [-0.4, -0.2) is 65.9 Å². The lowest BCUT2D eigenvalue weighted by Gasteiger charge is -2.27. The number of fused-ring (bicyclic) bond motifs is 1. The number of para-hydroxylation sites is 1. The fourth-order valence-electron chi connectivity index (χ4n) is 4.01. The van der Waals surface area contributed by atoms with Crippen LogP contribution in [0.3, 0.4) is 0 Å². The highest BCUT2D eigenvalue weighted by Crippen LogP contribution is 2.40. The van der Waals surface area contributed by atoms with Crippen molar-refractivity contribution in [1.29, 1.82) is 0 Å². The van der Waals surface area contributed by atoms with Gasteiger partial charge in [0.25, 0.3) is 5.91 Å². The molecule has 3 heterocycles. The number of carbonyl (C=O) groups is 2. The maximum atomic E-state index is 13.5. The van der Waals surface area contributed by atoms with Gasteiger partial charge in [-0.15, -0.1) is 0 Å². The van der Waals surface area contributed by atoms with E-state index in [1.54, 1.807) is 48.8 Å². The van der Waals surface area contributed by atoms with E-state index in [2.05, 4.69) is 4.98 Å². The van der Waals surface area contributed by atoms with Crippen LogP contribution < -0.4 is 4.74 Å². The molecule has 8 nitrogen and oxygen atoms in total. The molecule has 2 aromatic heterocycles. The van der Waals surface area contributed by atoms with E-state index in [4.69, 9.17) is 9.15 Å². The van der Waals surface area contributed by atoms with Crippen molar-refractivity contribution in [3.8, 4) is 5.75 Å². The van der Waals surface area contributed by atoms with E-state index in [0.29, 0.717) is 35.2 Å². The zero-order valence-electron chi connectivity index (χ0n) is 18.2. The Bertz CT molecular complexity index is 1180. The topological polar surface area (TPSA) is 96.1 Å². The van der Waals surface area contributed by atoms with Crippen LogP contribution in [0.1, 0.15) is 28.6 Å². The summed E-state index contributed by atoms with van der Waals surface area (Å²) in [6, 6.07) is 9.70. The molecule has 4 rings (SSSR count). The molecule has 3 aromatic rings. The van der Waals surface area contributed by atoms with Crippen molar-refractivity contribution in [2.75, 3.05) is 34.3 Å². The summed E-state index contributed by atoms with van der Waals surface area (Å²) in [6.45, 7) is 1.15. The van der Waals surface area contributed by atoms with E-state index in [9.17, 15) is 14.7 Å². The third-order valence-corrected chi connectivity index (χ3v) is 5.53. The van der Waals surface area contributed by atoms with Crippen LogP contribution in [0.5, 0.6) is 5.75 Å². The Morgan fingerprint density at radius 3 is 2.69 bits per heavy atom. The number of furan rings is 1. The lowest BCUT2D eigenvalue weighted by Crippen LogP contribution is -2.33. The van der Waals surface area contributed by atoms with Crippen molar-refractivity contribution in [2.24, 2.45) is 0 Å². The lowest BCUT2D eigenvalue weighted by atomic mass is 9.95. The number of amides is 1. The third-order valence-electron chi connectivity index (χ3n) is 5.53. The van der Waals surface area contributed by atoms with Crippen molar-refractivity contribution in [1.82, 2.24) is 14.8 Å². The molecular formula is C24H25N3O5. The Morgan fingerprint density at radius 1 is 1.25 bits per heavy atom. The Balaban J connectivity index is 1.75. The number of pyridine rings is 1. The van der Waals surface area contributed by atoms with Crippen LogP contribution in [0.2, 0.25) is 0 Å². The molecule has 32 heavy (non-hydrogen) atoms. The largest absolute Gasteiger partial charge is 0.503 e. The summed E-state index contributed by atoms with van der Waals surface area (Å²) in [7, 11) is 5.42. The standard InChI is InChI=1S/C24H25N3O5/c1-26(2)12-5-13-27-20(15-8-10-25-11-9-15)19(22(29)24(27)30)21(28)18-14-16-6-4-7-17(31-3)23(16)32-18/h4,6-11,14,20,29H,5,12-13H2,1-3H3/t20-/m1/s1. The van der Waals surface area contributed by atoms with E-state index in [-0.39, 0.29) is 11.3 Å². The van der Waals surface area contributed by atoms with Gasteiger partial charge in [0.15, 0.2) is 22.9 Å². The lowest BCUT2D eigenvalue weighted by molar-refractivity contribution is -0.129. The average Bonchev–Trinajstić information content (AvgIpc) is 3.34. The number of rotatable bonds is 8. The number of Topliss-reactive ketones (excluding diaryl/α,β-unsaturated/α-hetero) is 1. The highest BCUT2D eigenvalue weighted by Gasteiger charge is 2.44. The summed E-state index contributed by atoms with van der Waals surface area (Å²) >= 11 is 0. The Morgan fingerprint density at radius 2 is 2.00 bits per heavy atom. The molecule has 0 radical (unpaired) electrons. The summed E-state index contributed by atoms with van der Waals surface area (Å²) in [5.41, 5.74) is 1.13. The molecule has 0 spiro atoms. The number of ketones is 1. The molecular weight excluding hydrogens is 410 g/mol. The fraction of sp³-hybridized carbons (Fsp3) is 0.292. The van der Waals surface area contributed by atoms with Crippen LogP contribution in [-0.2, 0) is 4.79 Å². The molecule has 0 fully saturated rings. The average molecular weight is 435 g/mol. The van der Waals surface area contributed by atoms with Gasteiger partial charge in [-0.05, 0) is 56.9 Å². The van der Waals surface area contributed by atoms with Gasteiger partial charge in [0, 0.05) is 24.3 Å². The molecule has 1 amide bonds. The smallest absolute Gasteiger partial charge is 0.290 e. The van der Waals surface area contributed by atoms with Crippen LogP contribution in [0, 0.1) is 0 Å². The van der Waals surface area contributed by atoms with Gasteiger partial charge in [0.1, 0.15) is 0 Å². The molecule has 1 aliphatic heterocycles. The number of aliphatic hydroxyl groups excluding tert-OH is 1. The summed E-state index contributed by atoms with van der Waals surface area (Å²) < 4.78 is 11.1. The first-order valence-corrected chi connectivity index (χ1v) is 10.3. The van der Waals surface area contributed by atoms with Gasteiger partial charge in [-0.2, -0.15) is 0 Å². The van der Waals surface area contributed by atoms with E-state index >= 15 is 0 Å².